The number of carbonyl (C=O) groups excluding carboxylic acids is 2. The fraction of sp³-hybridized carbons (Fsp3) is 0.769. The van der Waals surface area contributed by atoms with Gasteiger partial charge in [-0.2, -0.15) is 0 Å². The average molecular weight is 285 g/mol. The van der Waals surface area contributed by atoms with Gasteiger partial charge in [0.25, 0.3) is 0 Å². The topological polar surface area (TPSA) is 98.7 Å². The first-order valence-electron chi connectivity index (χ1n) is 6.71. The molecule has 0 bridgehead atoms. The Morgan fingerprint density at radius 1 is 1.45 bits per heavy atom. The second-order valence-electron chi connectivity index (χ2n) is 6.26. The highest BCUT2D eigenvalue weighted by atomic mass is 16.4. The van der Waals surface area contributed by atoms with Crippen LogP contribution in [0.5, 0.6) is 0 Å². The van der Waals surface area contributed by atoms with E-state index in [1.54, 1.807) is 0 Å². The number of hydrogen-bond acceptors (Lipinski definition) is 3. The number of carbonyl (C=O) groups is 3. The zero-order chi connectivity index (χ0) is 15.3. The second-order valence-corrected chi connectivity index (χ2v) is 6.26. The Kier molecular flexibility index (Phi) is 5.35. The number of nitrogens with one attached hydrogen (secondary N) is 2. The van der Waals surface area contributed by atoms with Crippen molar-refractivity contribution in [2.45, 2.75) is 27.2 Å². The SMILES string of the molecule is CC(C)(C)CC(CNC(=O)N1CCNC(=O)C1)C(=O)O. The number of hydrogen-bond donors (Lipinski definition) is 3. The van der Waals surface area contributed by atoms with Crippen molar-refractivity contribution < 1.29 is 19.5 Å². The number of nitrogens with zero attached hydrogens (tertiary/aromatic N) is 1. The van der Waals surface area contributed by atoms with Crippen molar-refractivity contribution in [2.24, 2.45) is 11.3 Å². The van der Waals surface area contributed by atoms with Crippen molar-refractivity contribution in [3.63, 3.8) is 0 Å². The van der Waals surface area contributed by atoms with E-state index >= 15 is 0 Å². The summed E-state index contributed by atoms with van der Waals surface area (Å²) >= 11 is 0. The molecule has 0 radical (unpaired) electrons. The molecule has 7 nitrogen and oxygen atoms in total. The van der Waals surface area contributed by atoms with Gasteiger partial charge in [-0.25, -0.2) is 4.79 Å². The maximum absolute atomic E-state index is 11.9. The second kappa shape index (κ2) is 6.58. The first kappa shape index (κ1) is 16.3. The van der Waals surface area contributed by atoms with E-state index in [1.807, 2.05) is 20.8 Å². The molecule has 3 amide bonds. The zero-order valence-electron chi connectivity index (χ0n) is 12.2. The standard InChI is InChI=1S/C13H23N3O4/c1-13(2,3)6-9(11(18)19)7-15-12(20)16-5-4-14-10(17)8-16/h9H,4-8H2,1-3H3,(H,14,17)(H,15,20)(H,18,19). The number of urea groups is 1. The lowest BCUT2D eigenvalue weighted by atomic mass is 9.84. The van der Waals surface area contributed by atoms with E-state index in [1.165, 1.54) is 4.90 Å². The minimum Gasteiger partial charge on any atom is -0.481 e. The summed E-state index contributed by atoms with van der Waals surface area (Å²) in [5.74, 6) is -1.75. The molecule has 20 heavy (non-hydrogen) atoms. The van der Waals surface area contributed by atoms with Crippen molar-refractivity contribution in [3.8, 4) is 0 Å². The molecular weight excluding hydrogens is 262 g/mol. The van der Waals surface area contributed by atoms with Crippen molar-refractivity contribution in [1.82, 2.24) is 15.5 Å². The Hall–Kier alpha value is -1.79. The third-order valence-corrected chi connectivity index (χ3v) is 3.03. The van der Waals surface area contributed by atoms with E-state index in [2.05, 4.69) is 10.6 Å². The van der Waals surface area contributed by atoms with Gasteiger partial charge in [-0.3, -0.25) is 9.59 Å². The van der Waals surface area contributed by atoms with Gasteiger partial charge in [0.05, 0.1) is 5.92 Å². The number of piperazine rings is 1. The molecule has 0 saturated carbocycles. The summed E-state index contributed by atoms with van der Waals surface area (Å²) in [5, 5.41) is 14.4. The highest BCUT2D eigenvalue weighted by molar-refractivity contribution is 5.85. The fourth-order valence-electron chi connectivity index (χ4n) is 2.12. The van der Waals surface area contributed by atoms with Crippen molar-refractivity contribution >= 4 is 17.9 Å². The van der Waals surface area contributed by atoms with Gasteiger partial charge in [-0.15, -0.1) is 0 Å². The molecule has 0 spiro atoms. The van der Waals surface area contributed by atoms with Crippen LogP contribution in [0.15, 0.2) is 0 Å². The highest BCUT2D eigenvalue weighted by Gasteiger charge is 2.27. The molecule has 1 atom stereocenters. The quantitative estimate of drug-likeness (QED) is 0.690. The lowest BCUT2D eigenvalue weighted by Crippen LogP contribution is -2.53. The number of amides is 3. The predicted molar refractivity (Wildman–Crippen MR) is 73.2 cm³/mol. The minimum atomic E-state index is -0.920. The Morgan fingerprint density at radius 3 is 2.60 bits per heavy atom. The summed E-state index contributed by atoms with van der Waals surface area (Å²) in [7, 11) is 0. The normalized spacial score (nSPS) is 17.4. The van der Waals surface area contributed by atoms with Crippen LogP contribution in [0.25, 0.3) is 0 Å². The molecule has 7 heteroatoms. The van der Waals surface area contributed by atoms with Gasteiger partial charge in [0.1, 0.15) is 6.54 Å². The fourth-order valence-corrected chi connectivity index (χ4v) is 2.12. The van der Waals surface area contributed by atoms with Gasteiger partial charge in [0, 0.05) is 19.6 Å². The predicted octanol–water partition coefficient (Wildman–Crippen LogP) is 0.265. The molecule has 1 unspecified atom stereocenters. The molecule has 0 aromatic carbocycles. The summed E-state index contributed by atoms with van der Waals surface area (Å²) in [6.07, 6.45) is 0.475. The van der Waals surface area contributed by atoms with Crippen LogP contribution in [-0.2, 0) is 9.59 Å². The van der Waals surface area contributed by atoms with Crippen LogP contribution in [0.4, 0.5) is 4.79 Å². The number of carboxylic acid groups (broad SMARTS) is 1. The van der Waals surface area contributed by atoms with Crippen molar-refractivity contribution in [1.29, 1.82) is 0 Å². The van der Waals surface area contributed by atoms with E-state index in [9.17, 15) is 19.5 Å². The summed E-state index contributed by atoms with van der Waals surface area (Å²) < 4.78 is 0. The van der Waals surface area contributed by atoms with Crippen molar-refractivity contribution in [3.05, 3.63) is 0 Å². The maximum Gasteiger partial charge on any atom is 0.317 e. The molecule has 1 rings (SSSR count). The molecule has 1 heterocycles. The third-order valence-electron chi connectivity index (χ3n) is 3.03. The number of aliphatic carboxylic acids is 1. The zero-order valence-corrected chi connectivity index (χ0v) is 12.2. The molecule has 1 aliphatic rings. The summed E-state index contributed by atoms with van der Waals surface area (Å²) in [6, 6.07) is -0.389. The average Bonchev–Trinajstić information content (AvgIpc) is 2.32. The smallest absolute Gasteiger partial charge is 0.317 e. The molecule has 1 saturated heterocycles. The Labute approximate surface area is 118 Å². The van der Waals surface area contributed by atoms with Crippen LogP contribution in [-0.4, -0.2) is 54.1 Å². The molecule has 1 aliphatic heterocycles. The van der Waals surface area contributed by atoms with Gasteiger partial charge in [-0.05, 0) is 11.8 Å². The summed E-state index contributed by atoms with van der Waals surface area (Å²) in [6.45, 7) is 6.83. The van der Waals surface area contributed by atoms with E-state index in [4.69, 9.17) is 0 Å². The molecule has 1 fully saturated rings. The van der Waals surface area contributed by atoms with E-state index in [-0.39, 0.29) is 30.4 Å². The van der Waals surface area contributed by atoms with E-state index in [0.717, 1.165) is 0 Å². The van der Waals surface area contributed by atoms with Gasteiger partial charge in [-0.1, -0.05) is 20.8 Å². The minimum absolute atomic E-state index is 0.0167. The highest BCUT2D eigenvalue weighted by Crippen LogP contribution is 2.24. The summed E-state index contributed by atoms with van der Waals surface area (Å²) in [5.41, 5.74) is -0.126. The first-order valence-corrected chi connectivity index (χ1v) is 6.71. The molecule has 0 aliphatic carbocycles. The van der Waals surface area contributed by atoms with Crippen LogP contribution < -0.4 is 10.6 Å². The van der Waals surface area contributed by atoms with E-state index in [0.29, 0.717) is 19.5 Å². The van der Waals surface area contributed by atoms with Crippen LogP contribution >= 0.6 is 0 Å². The molecule has 0 aromatic rings. The van der Waals surface area contributed by atoms with Crippen LogP contribution in [0, 0.1) is 11.3 Å². The lowest BCUT2D eigenvalue weighted by molar-refractivity contribution is -0.142. The molecule has 114 valence electrons. The van der Waals surface area contributed by atoms with Gasteiger partial charge >= 0.3 is 12.0 Å². The van der Waals surface area contributed by atoms with Gasteiger partial charge in [0.15, 0.2) is 0 Å². The summed E-state index contributed by atoms with van der Waals surface area (Å²) in [4.78, 5) is 35.6. The Morgan fingerprint density at radius 2 is 2.10 bits per heavy atom. The van der Waals surface area contributed by atoms with Crippen molar-refractivity contribution in [2.75, 3.05) is 26.2 Å². The third kappa shape index (κ3) is 5.46. The number of carboxylic acids is 1. The molecular formula is C13H23N3O4. The van der Waals surface area contributed by atoms with Crippen LogP contribution in [0.2, 0.25) is 0 Å². The maximum atomic E-state index is 11.9. The Bertz CT molecular complexity index is 390. The first-order chi connectivity index (χ1) is 9.19. The Balaban J connectivity index is 2.48. The molecule has 0 aromatic heterocycles. The lowest BCUT2D eigenvalue weighted by Gasteiger charge is -2.28. The van der Waals surface area contributed by atoms with Crippen LogP contribution in [0.3, 0.4) is 0 Å². The van der Waals surface area contributed by atoms with E-state index < -0.39 is 11.9 Å². The van der Waals surface area contributed by atoms with Crippen LogP contribution in [0.1, 0.15) is 27.2 Å². The monoisotopic (exact) mass is 285 g/mol. The largest absolute Gasteiger partial charge is 0.481 e. The number of rotatable bonds is 4. The van der Waals surface area contributed by atoms with Gasteiger partial charge in [0.2, 0.25) is 5.91 Å². The van der Waals surface area contributed by atoms with Gasteiger partial charge < -0.3 is 20.6 Å². The molecule has 3 N–H and O–H groups in total.